The van der Waals surface area contributed by atoms with E-state index < -0.39 is 17.4 Å². The normalized spacial score (nSPS) is 22.7. The summed E-state index contributed by atoms with van der Waals surface area (Å²) in [5.41, 5.74) is -1.41. The summed E-state index contributed by atoms with van der Waals surface area (Å²) in [6.07, 6.45) is 0.208. The van der Waals surface area contributed by atoms with Gasteiger partial charge in [-0.15, -0.1) is 0 Å². The maximum absolute atomic E-state index is 11.8. The van der Waals surface area contributed by atoms with Gasteiger partial charge in [0.2, 0.25) is 5.76 Å². The van der Waals surface area contributed by atoms with Crippen molar-refractivity contribution < 1.29 is 28.7 Å². The van der Waals surface area contributed by atoms with E-state index in [1.54, 1.807) is 0 Å². The SMILES string of the molecule is COc1cc(C(=O)NC2(C(=O)O)CCOC2)on1. The Morgan fingerprint density at radius 3 is 2.89 bits per heavy atom. The lowest BCUT2D eigenvalue weighted by atomic mass is 9.99. The zero-order valence-corrected chi connectivity index (χ0v) is 9.63. The first kappa shape index (κ1) is 12.4. The third kappa shape index (κ3) is 2.14. The Hall–Kier alpha value is -2.09. The van der Waals surface area contributed by atoms with E-state index >= 15 is 0 Å². The van der Waals surface area contributed by atoms with Gasteiger partial charge in [0.15, 0.2) is 5.54 Å². The second-order valence-corrected chi connectivity index (χ2v) is 3.88. The summed E-state index contributed by atoms with van der Waals surface area (Å²) < 4.78 is 14.5. The molecule has 18 heavy (non-hydrogen) atoms. The van der Waals surface area contributed by atoms with Crippen LogP contribution in [0.1, 0.15) is 17.0 Å². The molecular weight excluding hydrogens is 244 g/mol. The predicted molar refractivity (Wildman–Crippen MR) is 56.3 cm³/mol. The van der Waals surface area contributed by atoms with Gasteiger partial charge in [-0.25, -0.2) is 4.79 Å². The lowest BCUT2D eigenvalue weighted by Crippen LogP contribution is -2.55. The van der Waals surface area contributed by atoms with Crippen LogP contribution in [-0.2, 0) is 9.53 Å². The van der Waals surface area contributed by atoms with Crippen LogP contribution < -0.4 is 10.1 Å². The molecule has 0 aliphatic carbocycles. The molecule has 0 aromatic carbocycles. The average Bonchev–Trinajstić information content (AvgIpc) is 2.97. The number of carbonyl (C=O) groups is 2. The van der Waals surface area contributed by atoms with Crippen molar-refractivity contribution in [3.63, 3.8) is 0 Å². The molecule has 2 heterocycles. The average molecular weight is 256 g/mol. The molecule has 98 valence electrons. The highest BCUT2D eigenvalue weighted by Crippen LogP contribution is 2.20. The molecular formula is C10H12N2O6. The molecule has 1 amide bonds. The van der Waals surface area contributed by atoms with Crippen LogP contribution in [0.5, 0.6) is 5.88 Å². The minimum absolute atomic E-state index is 0.0701. The third-order valence-electron chi connectivity index (χ3n) is 2.71. The summed E-state index contributed by atoms with van der Waals surface area (Å²) in [5, 5.41) is 15.0. The minimum atomic E-state index is -1.41. The molecule has 0 spiro atoms. The van der Waals surface area contributed by atoms with E-state index in [2.05, 4.69) is 10.5 Å². The van der Waals surface area contributed by atoms with Crippen LogP contribution in [0.2, 0.25) is 0 Å². The summed E-state index contributed by atoms with van der Waals surface area (Å²) in [6, 6.07) is 1.28. The Kier molecular flexibility index (Phi) is 3.19. The van der Waals surface area contributed by atoms with Crippen molar-refractivity contribution in [2.75, 3.05) is 20.3 Å². The molecule has 1 fully saturated rings. The Morgan fingerprint density at radius 2 is 2.39 bits per heavy atom. The Labute approximate surface area is 102 Å². The molecule has 1 aliphatic rings. The van der Waals surface area contributed by atoms with Gasteiger partial charge >= 0.3 is 5.97 Å². The molecule has 1 aliphatic heterocycles. The first-order valence-corrected chi connectivity index (χ1v) is 5.22. The molecule has 1 aromatic heterocycles. The molecule has 0 bridgehead atoms. The number of rotatable bonds is 4. The number of carboxylic acid groups (broad SMARTS) is 1. The fraction of sp³-hybridized carbons (Fsp3) is 0.500. The Bertz CT molecular complexity index is 463. The van der Waals surface area contributed by atoms with E-state index in [-0.39, 0.29) is 31.3 Å². The van der Waals surface area contributed by atoms with Gasteiger partial charge in [-0.2, -0.15) is 0 Å². The van der Waals surface area contributed by atoms with Crippen LogP contribution in [0.25, 0.3) is 0 Å². The van der Waals surface area contributed by atoms with Crippen LogP contribution >= 0.6 is 0 Å². The van der Waals surface area contributed by atoms with Crippen molar-refractivity contribution in [1.29, 1.82) is 0 Å². The monoisotopic (exact) mass is 256 g/mol. The number of nitrogens with one attached hydrogen (secondary N) is 1. The topological polar surface area (TPSA) is 111 Å². The second-order valence-electron chi connectivity index (χ2n) is 3.88. The van der Waals surface area contributed by atoms with Gasteiger partial charge in [-0.05, 0) is 5.16 Å². The predicted octanol–water partition coefficient (Wildman–Crippen LogP) is -0.343. The maximum Gasteiger partial charge on any atom is 0.331 e. The number of carbonyl (C=O) groups excluding carboxylic acids is 1. The molecule has 1 aromatic rings. The van der Waals surface area contributed by atoms with Gasteiger partial charge in [0.1, 0.15) is 0 Å². The minimum Gasteiger partial charge on any atom is -0.479 e. The number of nitrogens with zero attached hydrogens (tertiary/aromatic N) is 1. The Balaban J connectivity index is 2.12. The van der Waals surface area contributed by atoms with Crippen LogP contribution in [0.4, 0.5) is 0 Å². The van der Waals surface area contributed by atoms with Crippen molar-refractivity contribution in [1.82, 2.24) is 10.5 Å². The number of aliphatic carboxylic acids is 1. The van der Waals surface area contributed by atoms with E-state index in [4.69, 9.17) is 19.1 Å². The molecule has 2 N–H and O–H groups in total. The van der Waals surface area contributed by atoms with Crippen LogP contribution in [0, 0.1) is 0 Å². The molecule has 8 heteroatoms. The van der Waals surface area contributed by atoms with E-state index in [9.17, 15) is 9.59 Å². The van der Waals surface area contributed by atoms with Gasteiger partial charge < -0.3 is 24.4 Å². The maximum atomic E-state index is 11.8. The lowest BCUT2D eigenvalue weighted by molar-refractivity contribution is -0.144. The Morgan fingerprint density at radius 1 is 1.61 bits per heavy atom. The molecule has 0 saturated carbocycles. The number of aromatic nitrogens is 1. The quantitative estimate of drug-likeness (QED) is 0.757. The largest absolute Gasteiger partial charge is 0.479 e. The van der Waals surface area contributed by atoms with Gasteiger partial charge in [-0.3, -0.25) is 4.79 Å². The fourth-order valence-electron chi connectivity index (χ4n) is 1.63. The number of carboxylic acids is 1. The van der Waals surface area contributed by atoms with E-state index in [1.807, 2.05) is 0 Å². The first-order valence-electron chi connectivity index (χ1n) is 5.22. The number of hydrogen-bond acceptors (Lipinski definition) is 6. The van der Waals surface area contributed by atoms with Crippen LogP contribution in [0.3, 0.4) is 0 Å². The number of ether oxygens (including phenoxy) is 2. The molecule has 1 unspecified atom stereocenters. The molecule has 1 saturated heterocycles. The number of hydrogen-bond donors (Lipinski definition) is 2. The van der Waals surface area contributed by atoms with Gasteiger partial charge in [0.05, 0.1) is 19.8 Å². The van der Waals surface area contributed by atoms with Crippen LogP contribution in [0.15, 0.2) is 10.6 Å². The van der Waals surface area contributed by atoms with Crippen molar-refractivity contribution in [2.45, 2.75) is 12.0 Å². The summed E-state index contributed by atoms with van der Waals surface area (Å²) in [4.78, 5) is 23.0. The number of methoxy groups -OCH3 is 1. The van der Waals surface area contributed by atoms with E-state index in [1.165, 1.54) is 13.2 Å². The van der Waals surface area contributed by atoms with Gasteiger partial charge in [-0.1, -0.05) is 0 Å². The highest BCUT2D eigenvalue weighted by Gasteiger charge is 2.44. The molecule has 2 rings (SSSR count). The second kappa shape index (κ2) is 4.65. The molecule has 1 atom stereocenters. The van der Waals surface area contributed by atoms with Crippen molar-refractivity contribution >= 4 is 11.9 Å². The fourth-order valence-corrected chi connectivity index (χ4v) is 1.63. The van der Waals surface area contributed by atoms with E-state index in [0.717, 1.165) is 0 Å². The van der Waals surface area contributed by atoms with E-state index in [0.29, 0.717) is 0 Å². The standard InChI is InChI=1S/C10H12N2O6/c1-16-7-4-6(18-12-7)8(13)11-10(9(14)15)2-3-17-5-10/h4H,2-3,5H2,1H3,(H,11,13)(H,14,15). The van der Waals surface area contributed by atoms with Crippen LogP contribution in [-0.4, -0.2) is 48.0 Å². The summed E-state index contributed by atoms with van der Waals surface area (Å²) in [7, 11) is 1.38. The first-order chi connectivity index (χ1) is 8.57. The lowest BCUT2D eigenvalue weighted by Gasteiger charge is -2.22. The zero-order valence-electron chi connectivity index (χ0n) is 9.63. The van der Waals surface area contributed by atoms with Gasteiger partial charge in [0.25, 0.3) is 11.8 Å². The summed E-state index contributed by atoms with van der Waals surface area (Å²) >= 11 is 0. The zero-order chi connectivity index (χ0) is 13.2. The molecule has 8 nitrogen and oxygen atoms in total. The van der Waals surface area contributed by atoms with Gasteiger partial charge in [0, 0.05) is 13.0 Å². The van der Waals surface area contributed by atoms with Crippen molar-refractivity contribution in [2.24, 2.45) is 0 Å². The van der Waals surface area contributed by atoms with Crippen molar-refractivity contribution in [3.8, 4) is 5.88 Å². The summed E-state index contributed by atoms with van der Waals surface area (Å²) in [6.45, 7) is 0.214. The molecule has 0 radical (unpaired) electrons. The highest BCUT2D eigenvalue weighted by atomic mass is 16.5. The summed E-state index contributed by atoms with van der Waals surface area (Å²) in [5.74, 6) is -1.77. The number of amides is 1. The van der Waals surface area contributed by atoms with Crippen molar-refractivity contribution in [3.05, 3.63) is 11.8 Å². The smallest absolute Gasteiger partial charge is 0.331 e. The highest BCUT2D eigenvalue weighted by molar-refractivity contribution is 5.96. The third-order valence-corrected chi connectivity index (χ3v) is 2.71.